The zero-order valence-electron chi connectivity index (χ0n) is 11.4. The molecule has 22 heavy (non-hydrogen) atoms. The van der Waals surface area contributed by atoms with Crippen LogP contribution in [0, 0.1) is 0 Å². The molecule has 110 valence electrons. The third-order valence-corrected chi connectivity index (χ3v) is 3.01. The first-order valence-electron chi connectivity index (χ1n) is 6.37. The average Bonchev–Trinajstić information content (AvgIpc) is 2.52. The van der Waals surface area contributed by atoms with Gasteiger partial charge in [0, 0.05) is 5.56 Å². The number of hydrogen-bond donors (Lipinski definition) is 2. The van der Waals surface area contributed by atoms with Crippen LogP contribution >= 0.6 is 0 Å². The number of hydrogen-bond acceptors (Lipinski definition) is 3. The van der Waals surface area contributed by atoms with E-state index in [-0.39, 0.29) is 22.5 Å². The first kappa shape index (κ1) is 15.2. The molecule has 0 fully saturated rings. The van der Waals surface area contributed by atoms with Gasteiger partial charge in [-0.25, -0.2) is 9.59 Å². The minimum atomic E-state index is -1.36. The Balaban J connectivity index is 2.39. The lowest BCUT2D eigenvalue weighted by Gasteiger charge is -2.05. The van der Waals surface area contributed by atoms with Crippen molar-refractivity contribution in [1.82, 2.24) is 0 Å². The number of ketones is 1. The molecular formula is C17H12O5. The number of carboxylic acid groups (broad SMARTS) is 2. The van der Waals surface area contributed by atoms with Gasteiger partial charge in [0.1, 0.15) is 0 Å². The summed E-state index contributed by atoms with van der Waals surface area (Å²) in [4.78, 5) is 34.3. The minimum Gasteiger partial charge on any atom is -0.478 e. The molecule has 2 N–H and O–H groups in total. The van der Waals surface area contributed by atoms with Gasteiger partial charge in [0.2, 0.25) is 0 Å². The van der Waals surface area contributed by atoms with Gasteiger partial charge >= 0.3 is 11.9 Å². The molecule has 0 bridgehead atoms. The maximum absolute atomic E-state index is 12.0. The molecule has 2 rings (SSSR count). The fourth-order valence-corrected chi connectivity index (χ4v) is 1.99. The van der Waals surface area contributed by atoms with E-state index in [2.05, 4.69) is 0 Å². The van der Waals surface area contributed by atoms with E-state index in [4.69, 9.17) is 5.11 Å². The molecule has 5 heteroatoms. The van der Waals surface area contributed by atoms with Crippen molar-refractivity contribution < 1.29 is 24.6 Å². The van der Waals surface area contributed by atoms with E-state index < -0.39 is 11.9 Å². The molecule has 0 saturated heterocycles. The Morgan fingerprint density at radius 3 is 2.09 bits per heavy atom. The van der Waals surface area contributed by atoms with Crippen LogP contribution in [-0.2, 0) is 0 Å². The standard InChI is InChI=1S/C17H12O5/c18-14(11-5-2-1-3-6-11)10-9-12-7-4-8-13(16(19)20)15(12)17(21)22/h1-10H,(H,19,20)(H,21,22)/b10-9+. The molecule has 0 spiro atoms. The lowest BCUT2D eigenvalue weighted by molar-refractivity contribution is 0.0651. The minimum absolute atomic E-state index is 0.164. The van der Waals surface area contributed by atoms with Gasteiger partial charge in [-0.05, 0) is 17.7 Å². The van der Waals surface area contributed by atoms with Crippen LogP contribution < -0.4 is 0 Å². The molecule has 0 amide bonds. The second-order valence-corrected chi connectivity index (χ2v) is 4.44. The van der Waals surface area contributed by atoms with Crippen molar-refractivity contribution >= 4 is 23.8 Å². The predicted molar refractivity (Wildman–Crippen MR) is 80.2 cm³/mol. The molecule has 0 heterocycles. The fraction of sp³-hybridized carbons (Fsp3) is 0. The monoisotopic (exact) mass is 296 g/mol. The second-order valence-electron chi connectivity index (χ2n) is 4.44. The summed E-state index contributed by atoms with van der Waals surface area (Å²) >= 11 is 0. The number of aromatic carboxylic acids is 2. The van der Waals surface area contributed by atoms with E-state index in [1.165, 1.54) is 30.4 Å². The van der Waals surface area contributed by atoms with Gasteiger partial charge in [-0.15, -0.1) is 0 Å². The summed E-state index contributed by atoms with van der Waals surface area (Å²) in [6.45, 7) is 0. The lowest BCUT2D eigenvalue weighted by Crippen LogP contribution is -2.10. The Bertz CT molecular complexity index is 760. The summed E-state index contributed by atoms with van der Waals surface area (Å²) in [6.07, 6.45) is 2.54. The highest BCUT2D eigenvalue weighted by atomic mass is 16.4. The third kappa shape index (κ3) is 3.27. The third-order valence-electron chi connectivity index (χ3n) is 3.01. The van der Waals surface area contributed by atoms with Gasteiger partial charge in [0.15, 0.2) is 5.78 Å². The number of carboxylic acids is 2. The molecule has 0 atom stereocenters. The van der Waals surface area contributed by atoms with Crippen LogP contribution in [0.25, 0.3) is 6.08 Å². The lowest BCUT2D eigenvalue weighted by atomic mass is 10.00. The van der Waals surface area contributed by atoms with Crippen LogP contribution in [0.15, 0.2) is 54.6 Å². The smallest absolute Gasteiger partial charge is 0.337 e. The molecule has 0 radical (unpaired) electrons. The summed E-state index contributed by atoms with van der Waals surface area (Å²) < 4.78 is 0. The van der Waals surface area contributed by atoms with Crippen molar-refractivity contribution in [2.75, 3.05) is 0 Å². The Morgan fingerprint density at radius 1 is 0.818 bits per heavy atom. The predicted octanol–water partition coefficient (Wildman–Crippen LogP) is 2.98. The van der Waals surface area contributed by atoms with Crippen molar-refractivity contribution in [1.29, 1.82) is 0 Å². The van der Waals surface area contributed by atoms with Crippen molar-refractivity contribution in [2.45, 2.75) is 0 Å². The number of carbonyl (C=O) groups is 3. The Kier molecular flexibility index (Phi) is 4.48. The van der Waals surface area contributed by atoms with E-state index >= 15 is 0 Å². The molecule has 0 aliphatic heterocycles. The summed E-state index contributed by atoms with van der Waals surface area (Å²) in [5, 5.41) is 18.2. The Labute approximate surface area is 126 Å². The van der Waals surface area contributed by atoms with E-state index in [1.807, 2.05) is 0 Å². The maximum atomic E-state index is 12.0. The second kappa shape index (κ2) is 6.49. The number of allylic oxidation sites excluding steroid dienone is 1. The van der Waals surface area contributed by atoms with Gasteiger partial charge in [0.05, 0.1) is 11.1 Å². The van der Waals surface area contributed by atoms with Gasteiger partial charge in [0.25, 0.3) is 0 Å². The Morgan fingerprint density at radius 2 is 1.50 bits per heavy atom. The molecule has 2 aromatic carbocycles. The molecular weight excluding hydrogens is 284 g/mol. The SMILES string of the molecule is O=C(/C=C/c1cccc(C(=O)O)c1C(=O)O)c1ccccc1. The van der Waals surface area contributed by atoms with Crippen molar-refractivity contribution in [2.24, 2.45) is 0 Å². The van der Waals surface area contributed by atoms with E-state index in [9.17, 15) is 19.5 Å². The largest absolute Gasteiger partial charge is 0.478 e. The summed E-state index contributed by atoms with van der Waals surface area (Å²) in [7, 11) is 0. The average molecular weight is 296 g/mol. The number of rotatable bonds is 5. The number of carbonyl (C=O) groups excluding carboxylic acids is 1. The highest BCUT2D eigenvalue weighted by Gasteiger charge is 2.18. The fourth-order valence-electron chi connectivity index (χ4n) is 1.99. The van der Waals surface area contributed by atoms with E-state index in [0.29, 0.717) is 5.56 Å². The van der Waals surface area contributed by atoms with Gasteiger partial charge in [-0.3, -0.25) is 4.79 Å². The van der Waals surface area contributed by atoms with Crippen LogP contribution in [-0.4, -0.2) is 27.9 Å². The molecule has 0 aliphatic rings. The normalized spacial score (nSPS) is 10.5. The maximum Gasteiger partial charge on any atom is 0.337 e. The summed E-state index contributed by atoms with van der Waals surface area (Å²) in [5.74, 6) is -2.98. The highest BCUT2D eigenvalue weighted by molar-refractivity contribution is 6.09. The summed E-state index contributed by atoms with van der Waals surface area (Å²) in [5.41, 5.74) is -0.0318. The molecule has 0 aromatic heterocycles. The quantitative estimate of drug-likeness (QED) is 0.653. The van der Waals surface area contributed by atoms with Gasteiger partial charge in [-0.2, -0.15) is 0 Å². The van der Waals surface area contributed by atoms with Crippen molar-refractivity contribution in [3.8, 4) is 0 Å². The molecule has 0 aliphatic carbocycles. The van der Waals surface area contributed by atoms with Crippen LogP contribution in [0.5, 0.6) is 0 Å². The summed E-state index contributed by atoms with van der Waals surface area (Å²) in [6, 6.07) is 12.6. The van der Waals surface area contributed by atoms with Crippen molar-refractivity contribution in [3.63, 3.8) is 0 Å². The molecule has 0 saturated carbocycles. The zero-order chi connectivity index (χ0) is 16.1. The number of benzene rings is 2. The van der Waals surface area contributed by atoms with Gasteiger partial charge in [-0.1, -0.05) is 48.5 Å². The molecule has 0 unspecified atom stereocenters. The van der Waals surface area contributed by atoms with Crippen LogP contribution in [0.2, 0.25) is 0 Å². The zero-order valence-corrected chi connectivity index (χ0v) is 11.4. The first-order chi connectivity index (χ1) is 10.5. The molecule has 2 aromatic rings. The first-order valence-corrected chi connectivity index (χ1v) is 6.37. The van der Waals surface area contributed by atoms with E-state index in [0.717, 1.165) is 0 Å². The van der Waals surface area contributed by atoms with Crippen LogP contribution in [0.4, 0.5) is 0 Å². The Hall–Kier alpha value is -3.21. The highest BCUT2D eigenvalue weighted by Crippen LogP contribution is 2.17. The van der Waals surface area contributed by atoms with Crippen LogP contribution in [0.1, 0.15) is 36.6 Å². The van der Waals surface area contributed by atoms with E-state index in [1.54, 1.807) is 30.3 Å². The van der Waals surface area contributed by atoms with Crippen LogP contribution in [0.3, 0.4) is 0 Å². The van der Waals surface area contributed by atoms with Crippen molar-refractivity contribution in [3.05, 3.63) is 76.9 Å². The van der Waals surface area contributed by atoms with Gasteiger partial charge < -0.3 is 10.2 Å². The molecule has 5 nitrogen and oxygen atoms in total. The topological polar surface area (TPSA) is 91.7 Å².